The number of aliphatic hydroxyl groups is 1. The maximum atomic E-state index is 13.3. The molecule has 0 aliphatic heterocycles. The zero-order chi connectivity index (χ0) is 14.7. The van der Waals surface area contributed by atoms with E-state index in [0.29, 0.717) is 0 Å². The number of hydrogen-bond donors (Lipinski definition) is 4. The van der Waals surface area contributed by atoms with Gasteiger partial charge in [0, 0.05) is 0 Å². The number of aliphatic carboxylic acids is 1. The van der Waals surface area contributed by atoms with Crippen molar-refractivity contribution in [2.45, 2.75) is 6.04 Å². The van der Waals surface area contributed by atoms with Crippen LogP contribution in [0.25, 0.3) is 0 Å². The standard InChI is InChI=1S/C10H8F3NO5/c11-4-1-3(6(12)8(16)7(4)13)9(17)14-5(2-15)10(18)19/h1,5,15-16H,2H2,(H,14,17)(H,18,19). The lowest BCUT2D eigenvalue weighted by atomic mass is 10.1. The fourth-order valence-electron chi connectivity index (χ4n) is 1.18. The third kappa shape index (κ3) is 2.94. The molecule has 6 nitrogen and oxygen atoms in total. The minimum absolute atomic E-state index is 0.163. The maximum Gasteiger partial charge on any atom is 0.328 e. The molecule has 1 aromatic carbocycles. The summed E-state index contributed by atoms with van der Waals surface area (Å²) in [7, 11) is 0. The average molecular weight is 279 g/mol. The number of amides is 1. The van der Waals surface area contributed by atoms with E-state index in [-0.39, 0.29) is 6.07 Å². The Morgan fingerprint density at radius 3 is 2.32 bits per heavy atom. The molecule has 0 saturated heterocycles. The molecule has 19 heavy (non-hydrogen) atoms. The molecule has 0 aromatic heterocycles. The van der Waals surface area contributed by atoms with Crippen LogP contribution in [-0.2, 0) is 4.79 Å². The molecule has 0 bridgehead atoms. The summed E-state index contributed by atoms with van der Waals surface area (Å²) in [6, 6.07) is -1.59. The molecule has 0 aliphatic carbocycles. The molecule has 1 amide bonds. The van der Waals surface area contributed by atoms with Gasteiger partial charge in [0.25, 0.3) is 5.91 Å². The van der Waals surface area contributed by atoms with E-state index < -0.39 is 53.3 Å². The molecule has 4 N–H and O–H groups in total. The van der Waals surface area contributed by atoms with Crippen LogP contribution in [0.15, 0.2) is 6.07 Å². The number of halogens is 3. The molecular weight excluding hydrogens is 271 g/mol. The summed E-state index contributed by atoms with van der Waals surface area (Å²) in [4.78, 5) is 21.9. The molecule has 1 atom stereocenters. The summed E-state index contributed by atoms with van der Waals surface area (Å²) in [6.45, 7) is -0.988. The van der Waals surface area contributed by atoms with Gasteiger partial charge in [0.05, 0.1) is 12.2 Å². The van der Waals surface area contributed by atoms with Crippen molar-refractivity contribution in [2.24, 2.45) is 0 Å². The fraction of sp³-hybridized carbons (Fsp3) is 0.200. The lowest BCUT2D eigenvalue weighted by molar-refractivity contribution is -0.140. The zero-order valence-electron chi connectivity index (χ0n) is 9.15. The quantitative estimate of drug-likeness (QED) is 0.580. The Kier molecular flexibility index (Phi) is 4.33. The summed E-state index contributed by atoms with van der Waals surface area (Å²) >= 11 is 0. The van der Waals surface area contributed by atoms with Gasteiger partial charge in [-0.3, -0.25) is 4.79 Å². The Morgan fingerprint density at radius 1 is 1.26 bits per heavy atom. The van der Waals surface area contributed by atoms with Crippen molar-refractivity contribution >= 4 is 11.9 Å². The lowest BCUT2D eigenvalue weighted by Crippen LogP contribution is -2.43. The number of rotatable bonds is 4. The topological polar surface area (TPSA) is 107 Å². The van der Waals surface area contributed by atoms with Crippen LogP contribution in [0.1, 0.15) is 10.4 Å². The summed E-state index contributed by atoms with van der Waals surface area (Å²) in [5, 5.41) is 27.7. The molecule has 0 radical (unpaired) electrons. The summed E-state index contributed by atoms with van der Waals surface area (Å²) in [5.74, 6) is -10.0. The van der Waals surface area contributed by atoms with Gasteiger partial charge in [0.1, 0.15) is 0 Å². The normalized spacial score (nSPS) is 12.0. The molecule has 0 heterocycles. The molecule has 9 heteroatoms. The van der Waals surface area contributed by atoms with E-state index in [4.69, 9.17) is 15.3 Å². The number of aliphatic hydroxyl groups excluding tert-OH is 1. The minimum atomic E-state index is -1.87. The second-order valence-corrected chi connectivity index (χ2v) is 3.43. The van der Waals surface area contributed by atoms with Crippen molar-refractivity contribution in [3.63, 3.8) is 0 Å². The van der Waals surface area contributed by atoms with Crippen LogP contribution in [0.2, 0.25) is 0 Å². The van der Waals surface area contributed by atoms with E-state index in [9.17, 15) is 22.8 Å². The van der Waals surface area contributed by atoms with Crippen molar-refractivity contribution in [2.75, 3.05) is 6.61 Å². The van der Waals surface area contributed by atoms with E-state index in [1.807, 2.05) is 0 Å². The highest BCUT2D eigenvalue weighted by atomic mass is 19.2. The van der Waals surface area contributed by atoms with Gasteiger partial charge in [-0.2, -0.15) is 4.39 Å². The van der Waals surface area contributed by atoms with E-state index >= 15 is 0 Å². The van der Waals surface area contributed by atoms with Gasteiger partial charge in [-0.1, -0.05) is 0 Å². The van der Waals surface area contributed by atoms with Gasteiger partial charge in [-0.25, -0.2) is 13.6 Å². The number of aromatic hydroxyl groups is 1. The predicted octanol–water partition coefficient (Wildman–Crippen LogP) is -0.0152. The van der Waals surface area contributed by atoms with Crippen LogP contribution in [0.3, 0.4) is 0 Å². The minimum Gasteiger partial charge on any atom is -0.503 e. The van der Waals surface area contributed by atoms with Crippen LogP contribution in [0, 0.1) is 17.5 Å². The SMILES string of the molecule is O=C(NC(CO)C(=O)O)c1cc(F)c(F)c(O)c1F. The first-order valence-electron chi connectivity index (χ1n) is 4.80. The molecule has 0 aliphatic rings. The molecule has 0 fully saturated rings. The van der Waals surface area contributed by atoms with Gasteiger partial charge in [-0.05, 0) is 6.07 Å². The number of benzene rings is 1. The Hall–Kier alpha value is -2.29. The molecule has 0 spiro atoms. The number of carbonyl (C=O) groups is 2. The van der Waals surface area contributed by atoms with Crippen molar-refractivity contribution in [3.8, 4) is 5.75 Å². The summed E-state index contributed by atoms with van der Waals surface area (Å²) in [6.07, 6.45) is 0. The number of carboxylic acids is 1. The van der Waals surface area contributed by atoms with Crippen LogP contribution in [-0.4, -0.2) is 39.8 Å². The number of carbonyl (C=O) groups excluding carboxylic acids is 1. The first kappa shape index (κ1) is 14.8. The first-order valence-corrected chi connectivity index (χ1v) is 4.80. The number of phenols is 1. The van der Waals surface area contributed by atoms with Gasteiger partial charge in [0.15, 0.2) is 23.4 Å². The van der Waals surface area contributed by atoms with Crippen molar-refractivity contribution in [1.29, 1.82) is 0 Å². The van der Waals surface area contributed by atoms with E-state index in [0.717, 1.165) is 0 Å². The molecule has 1 unspecified atom stereocenters. The van der Waals surface area contributed by atoms with E-state index in [2.05, 4.69) is 0 Å². The second-order valence-electron chi connectivity index (χ2n) is 3.43. The van der Waals surface area contributed by atoms with Crippen molar-refractivity contribution in [3.05, 3.63) is 29.1 Å². The van der Waals surface area contributed by atoms with Crippen LogP contribution >= 0.6 is 0 Å². The number of carboxylic acid groups (broad SMARTS) is 1. The maximum absolute atomic E-state index is 13.3. The van der Waals surface area contributed by atoms with E-state index in [1.165, 1.54) is 0 Å². The highest BCUT2D eigenvalue weighted by molar-refractivity contribution is 5.97. The van der Waals surface area contributed by atoms with Gasteiger partial charge in [-0.15, -0.1) is 0 Å². The first-order chi connectivity index (χ1) is 8.79. The highest BCUT2D eigenvalue weighted by Crippen LogP contribution is 2.25. The fourth-order valence-corrected chi connectivity index (χ4v) is 1.18. The third-order valence-corrected chi connectivity index (χ3v) is 2.16. The highest BCUT2D eigenvalue weighted by Gasteiger charge is 2.25. The summed E-state index contributed by atoms with van der Waals surface area (Å²) < 4.78 is 39.0. The monoisotopic (exact) mass is 279 g/mol. The van der Waals surface area contributed by atoms with E-state index in [1.54, 1.807) is 5.32 Å². The molecule has 1 aromatic rings. The lowest BCUT2D eigenvalue weighted by Gasteiger charge is -2.12. The zero-order valence-corrected chi connectivity index (χ0v) is 9.15. The Bertz CT molecular complexity index is 534. The Morgan fingerprint density at radius 2 is 1.84 bits per heavy atom. The molecular formula is C10H8F3NO5. The smallest absolute Gasteiger partial charge is 0.328 e. The number of nitrogens with one attached hydrogen (secondary N) is 1. The van der Waals surface area contributed by atoms with Crippen LogP contribution in [0.4, 0.5) is 13.2 Å². The molecule has 0 saturated carbocycles. The Labute approximate surface area is 104 Å². The molecule has 104 valence electrons. The van der Waals surface area contributed by atoms with Gasteiger partial charge >= 0.3 is 5.97 Å². The number of phenolic OH excluding ortho intramolecular Hbond substituents is 1. The Balaban J connectivity index is 3.11. The van der Waals surface area contributed by atoms with Gasteiger partial charge < -0.3 is 20.6 Å². The number of hydrogen-bond acceptors (Lipinski definition) is 4. The van der Waals surface area contributed by atoms with Gasteiger partial charge in [0.2, 0.25) is 5.82 Å². The second kappa shape index (κ2) is 5.57. The van der Waals surface area contributed by atoms with Crippen LogP contribution < -0.4 is 5.32 Å². The molecule has 1 rings (SSSR count). The average Bonchev–Trinajstić information content (AvgIpc) is 2.36. The third-order valence-electron chi connectivity index (χ3n) is 2.16. The largest absolute Gasteiger partial charge is 0.503 e. The predicted molar refractivity (Wildman–Crippen MR) is 54.0 cm³/mol. The summed E-state index contributed by atoms with van der Waals surface area (Å²) in [5.41, 5.74) is -1.09. The van der Waals surface area contributed by atoms with Crippen molar-refractivity contribution in [1.82, 2.24) is 5.32 Å². The van der Waals surface area contributed by atoms with Crippen LogP contribution in [0.5, 0.6) is 5.75 Å². The van der Waals surface area contributed by atoms with Crippen molar-refractivity contribution < 1.29 is 38.1 Å².